The first-order chi connectivity index (χ1) is 28.4. The topological polar surface area (TPSA) is 194 Å². The zero-order chi connectivity index (χ0) is 41.4. The molecule has 8 aromatic rings. The second kappa shape index (κ2) is 17.8. The zero-order valence-electron chi connectivity index (χ0n) is 31.7. The number of sulfonamides is 2. The third-order valence-corrected chi connectivity index (χ3v) is 10.2. The Morgan fingerprint density at radius 2 is 1.03 bits per heavy atom. The van der Waals surface area contributed by atoms with Crippen LogP contribution in [-0.2, 0) is 33.1 Å². The first kappa shape index (κ1) is 40.4. The minimum absolute atomic E-state index is 0.0820. The smallest absolute Gasteiger partial charge is 0.229 e. The van der Waals surface area contributed by atoms with Crippen molar-refractivity contribution in [2.24, 2.45) is 0 Å². The first-order valence-corrected chi connectivity index (χ1v) is 22.1. The number of aromatic nitrogens is 6. The Morgan fingerprint density at radius 1 is 0.525 bits per heavy atom. The molecular formula is C42H37ClN10O4S2. The van der Waals surface area contributed by atoms with Gasteiger partial charge in [0.15, 0.2) is 5.15 Å². The molecule has 4 aromatic carbocycles. The maximum absolute atomic E-state index is 11.6. The summed E-state index contributed by atoms with van der Waals surface area (Å²) in [4.78, 5) is 25.7. The standard InChI is InChI=1S/C21H18ClN5O2S.C21H19N5O2S/c1-30(28,29)27-19-10-16(12-23-20(19)22)15-7-8-18-17(9-15)21(26-13-25-18)24-11-14-5-3-2-4-6-14;1-29(27,28)26-18-9-17(12-22-13-18)16-7-8-20-19(10-16)21(25-14-24-20)23-11-15-5-3-2-4-6-15/h2-10,12-13,27H,11H2,1H3,(H,24,25,26);2-10,12-14,26H,11H2,1H3,(H,23,24,25). The zero-order valence-corrected chi connectivity index (χ0v) is 34.1. The molecule has 0 saturated heterocycles. The van der Waals surface area contributed by atoms with E-state index in [1.807, 2.05) is 97.1 Å². The molecule has 0 aliphatic heterocycles. The molecule has 4 aromatic heterocycles. The number of anilines is 4. The van der Waals surface area contributed by atoms with Crippen molar-refractivity contribution in [3.63, 3.8) is 0 Å². The predicted molar refractivity (Wildman–Crippen MR) is 235 cm³/mol. The van der Waals surface area contributed by atoms with E-state index in [-0.39, 0.29) is 10.8 Å². The molecule has 0 atom stereocenters. The molecule has 14 nitrogen and oxygen atoms in total. The summed E-state index contributed by atoms with van der Waals surface area (Å²) < 4.78 is 51.0. The molecule has 0 spiro atoms. The Kier molecular flexibility index (Phi) is 12.2. The van der Waals surface area contributed by atoms with E-state index in [9.17, 15) is 16.8 Å². The number of hydrogen-bond donors (Lipinski definition) is 4. The average molecular weight is 845 g/mol. The summed E-state index contributed by atoms with van der Waals surface area (Å²) in [5.74, 6) is 1.45. The molecule has 0 aliphatic carbocycles. The maximum atomic E-state index is 11.6. The third kappa shape index (κ3) is 11.0. The largest absolute Gasteiger partial charge is 0.365 e. The minimum atomic E-state index is -3.48. The number of fused-ring (bicyclic) bond motifs is 2. The van der Waals surface area contributed by atoms with Gasteiger partial charge in [-0.25, -0.2) is 41.8 Å². The fraction of sp³-hybridized carbons (Fsp3) is 0.0952. The number of hydrogen-bond acceptors (Lipinski definition) is 12. The van der Waals surface area contributed by atoms with Crippen molar-refractivity contribution >= 4 is 76.5 Å². The highest BCUT2D eigenvalue weighted by atomic mass is 35.5. The quantitative estimate of drug-likeness (QED) is 0.0868. The van der Waals surface area contributed by atoms with Crippen molar-refractivity contribution < 1.29 is 16.8 Å². The second-order valence-electron chi connectivity index (χ2n) is 13.4. The van der Waals surface area contributed by atoms with Crippen LogP contribution in [0, 0.1) is 0 Å². The molecule has 0 radical (unpaired) electrons. The van der Waals surface area contributed by atoms with Crippen LogP contribution in [0.25, 0.3) is 44.1 Å². The number of nitrogens with one attached hydrogen (secondary N) is 4. The highest BCUT2D eigenvalue weighted by Crippen LogP contribution is 2.31. The summed E-state index contributed by atoms with van der Waals surface area (Å²) in [6.07, 6.45) is 9.99. The van der Waals surface area contributed by atoms with Crippen molar-refractivity contribution in [2.75, 3.05) is 32.6 Å². The van der Waals surface area contributed by atoms with Crippen LogP contribution in [-0.4, -0.2) is 59.3 Å². The fourth-order valence-electron chi connectivity index (χ4n) is 6.06. The Hall–Kier alpha value is -6.75. The van der Waals surface area contributed by atoms with Crippen LogP contribution in [0.3, 0.4) is 0 Å². The highest BCUT2D eigenvalue weighted by Gasteiger charge is 2.13. The summed E-state index contributed by atoms with van der Waals surface area (Å²) >= 11 is 6.04. The molecule has 298 valence electrons. The lowest BCUT2D eigenvalue weighted by atomic mass is 10.0. The van der Waals surface area contributed by atoms with Gasteiger partial charge < -0.3 is 10.6 Å². The van der Waals surface area contributed by atoms with Crippen LogP contribution in [0.5, 0.6) is 0 Å². The van der Waals surface area contributed by atoms with Gasteiger partial charge in [-0.2, -0.15) is 0 Å². The number of pyridine rings is 2. The molecular weight excluding hydrogens is 808 g/mol. The molecule has 17 heteroatoms. The van der Waals surface area contributed by atoms with E-state index >= 15 is 0 Å². The van der Waals surface area contributed by atoms with Crippen LogP contribution in [0.1, 0.15) is 11.1 Å². The van der Waals surface area contributed by atoms with E-state index in [0.717, 1.165) is 68.0 Å². The molecule has 0 fully saturated rings. The Labute approximate surface area is 346 Å². The van der Waals surface area contributed by atoms with Gasteiger partial charge in [0.25, 0.3) is 0 Å². The molecule has 0 bridgehead atoms. The van der Waals surface area contributed by atoms with Crippen LogP contribution >= 0.6 is 11.6 Å². The summed E-state index contributed by atoms with van der Waals surface area (Å²) in [6, 6.07) is 35.0. The first-order valence-electron chi connectivity index (χ1n) is 18.0. The van der Waals surface area contributed by atoms with Gasteiger partial charge in [0, 0.05) is 47.4 Å². The van der Waals surface area contributed by atoms with E-state index in [0.29, 0.717) is 30.2 Å². The summed E-state index contributed by atoms with van der Waals surface area (Å²) in [6.45, 7) is 1.27. The van der Waals surface area contributed by atoms with Gasteiger partial charge >= 0.3 is 0 Å². The maximum Gasteiger partial charge on any atom is 0.229 e. The molecule has 4 N–H and O–H groups in total. The highest BCUT2D eigenvalue weighted by molar-refractivity contribution is 7.92. The van der Waals surface area contributed by atoms with Crippen molar-refractivity contribution in [3.8, 4) is 22.3 Å². The van der Waals surface area contributed by atoms with E-state index in [2.05, 4.69) is 50.0 Å². The Balaban J connectivity index is 0.000000179. The van der Waals surface area contributed by atoms with Crippen LogP contribution in [0.4, 0.5) is 23.0 Å². The minimum Gasteiger partial charge on any atom is -0.365 e. The van der Waals surface area contributed by atoms with Gasteiger partial charge in [0.1, 0.15) is 24.3 Å². The molecule has 4 heterocycles. The Bertz CT molecular complexity index is 2980. The van der Waals surface area contributed by atoms with E-state index in [1.165, 1.54) is 18.9 Å². The summed E-state index contributed by atoms with van der Waals surface area (Å²) in [7, 11) is -6.85. The van der Waals surface area contributed by atoms with E-state index in [4.69, 9.17) is 11.6 Å². The summed E-state index contributed by atoms with van der Waals surface area (Å²) in [5.41, 5.74) is 7.76. The lowest BCUT2D eigenvalue weighted by Gasteiger charge is -2.11. The van der Waals surface area contributed by atoms with E-state index < -0.39 is 20.0 Å². The second-order valence-corrected chi connectivity index (χ2v) is 17.2. The van der Waals surface area contributed by atoms with Gasteiger partial charge in [-0.1, -0.05) is 84.4 Å². The van der Waals surface area contributed by atoms with Gasteiger partial charge in [-0.3, -0.25) is 14.4 Å². The average Bonchev–Trinajstić information content (AvgIpc) is 3.22. The lowest BCUT2D eigenvalue weighted by Crippen LogP contribution is -2.10. The van der Waals surface area contributed by atoms with Gasteiger partial charge in [0.2, 0.25) is 20.0 Å². The molecule has 59 heavy (non-hydrogen) atoms. The molecule has 0 amide bonds. The molecule has 0 saturated carbocycles. The van der Waals surface area contributed by atoms with Crippen molar-refractivity contribution in [2.45, 2.75) is 13.1 Å². The van der Waals surface area contributed by atoms with Gasteiger partial charge in [0.05, 0.1) is 41.1 Å². The number of benzene rings is 4. The SMILES string of the molecule is CS(=O)(=O)Nc1cc(-c2ccc3ncnc(NCc4ccccc4)c3c2)cnc1Cl.CS(=O)(=O)Nc1cncc(-c2ccc3ncnc(NCc4ccccc4)c3c2)c1. The lowest BCUT2D eigenvalue weighted by molar-refractivity contribution is 0.605. The number of halogens is 1. The fourth-order valence-corrected chi connectivity index (χ4v) is 7.36. The van der Waals surface area contributed by atoms with E-state index in [1.54, 1.807) is 24.5 Å². The van der Waals surface area contributed by atoms with Gasteiger partial charge in [-0.05, 0) is 58.7 Å². The predicted octanol–water partition coefficient (Wildman–Crippen LogP) is 8.00. The van der Waals surface area contributed by atoms with Crippen molar-refractivity contribution in [1.82, 2.24) is 29.9 Å². The molecule has 0 aliphatic rings. The van der Waals surface area contributed by atoms with Gasteiger partial charge in [-0.15, -0.1) is 0 Å². The summed E-state index contributed by atoms with van der Waals surface area (Å²) in [5, 5.41) is 8.53. The molecule has 0 unspecified atom stereocenters. The Morgan fingerprint density at radius 3 is 1.54 bits per heavy atom. The number of nitrogens with zero attached hydrogens (tertiary/aromatic N) is 6. The normalized spacial score (nSPS) is 11.4. The van der Waals surface area contributed by atoms with Crippen LogP contribution in [0.15, 0.2) is 140 Å². The van der Waals surface area contributed by atoms with Crippen LogP contribution in [0.2, 0.25) is 5.15 Å². The molecule has 8 rings (SSSR count). The van der Waals surface area contributed by atoms with Crippen LogP contribution < -0.4 is 20.1 Å². The van der Waals surface area contributed by atoms with Crippen molar-refractivity contribution in [1.29, 1.82) is 0 Å². The number of rotatable bonds is 12. The monoisotopic (exact) mass is 844 g/mol. The van der Waals surface area contributed by atoms with Crippen molar-refractivity contribution in [3.05, 3.63) is 157 Å². The third-order valence-electron chi connectivity index (χ3n) is 8.72.